The Morgan fingerprint density at radius 2 is 2.31 bits per heavy atom. The number of nitro groups is 1. The van der Waals surface area contributed by atoms with Gasteiger partial charge >= 0.3 is 0 Å². The third kappa shape index (κ3) is 3.66. The summed E-state index contributed by atoms with van der Waals surface area (Å²) in [4.78, 5) is 13.9. The van der Waals surface area contributed by atoms with Crippen molar-refractivity contribution in [1.82, 2.24) is 4.98 Å². The Bertz CT molecular complexity index is 384. The van der Waals surface area contributed by atoms with E-state index in [0.29, 0.717) is 0 Å². The van der Waals surface area contributed by atoms with Crippen molar-refractivity contribution in [3.05, 3.63) is 27.4 Å². The van der Waals surface area contributed by atoms with E-state index >= 15 is 0 Å². The Morgan fingerprint density at radius 3 is 2.88 bits per heavy atom. The predicted octanol–water partition coefficient (Wildman–Crippen LogP) is 3.21. The smallest absolute Gasteiger partial charge is 0.277 e. The van der Waals surface area contributed by atoms with Gasteiger partial charge in [-0.25, -0.2) is 4.98 Å². The molecule has 0 aromatic carbocycles. The van der Waals surface area contributed by atoms with Crippen LogP contribution in [-0.4, -0.2) is 16.0 Å². The van der Waals surface area contributed by atoms with Crippen LogP contribution in [0.15, 0.2) is 12.1 Å². The van der Waals surface area contributed by atoms with Gasteiger partial charge in [0.05, 0.1) is 23.2 Å². The SMILES string of the molecule is CCCC(C)Oc1cc([N+](=O)[O-])cc(Cl)n1. The van der Waals surface area contributed by atoms with Crippen LogP contribution in [-0.2, 0) is 0 Å². The van der Waals surface area contributed by atoms with Gasteiger partial charge in [0.2, 0.25) is 5.88 Å². The molecular formula is C10H13ClN2O3. The Labute approximate surface area is 98.5 Å². The van der Waals surface area contributed by atoms with Crippen molar-refractivity contribution in [3.63, 3.8) is 0 Å². The van der Waals surface area contributed by atoms with Gasteiger partial charge in [0.15, 0.2) is 0 Å². The molecule has 0 aliphatic rings. The second-order valence-corrected chi connectivity index (χ2v) is 3.85. The summed E-state index contributed by atoms with van der Waals surface area (Å²) in [6.45, 7) is 3.92. The first kappa shape index (κ1) is 12.7. The molecule has 0 aliphatic carbocycles. The number of halogens is 1. The van der Waals surface area contributed by atoms with Crippen LogP contribution in [0.25, 0.3) is 0 Å². The van der Waals surface area contributed by atoms with E-state index in [1.807, 2.05) is 13.8 Å². The normalized spacial score (nSPS) is 12.2. The minimum atomic E-state index is -0.523. The van der Waals surface area contributed by atoms with Crippen LogP contribution in [0, 0.1) is 10.1 Å². The zero-order valence-corrected chi connectivity index (χ0v) is 9.90. The van der Waals surface area contributed by atoms with Gasteiger partial charge in [-0.3, -0.25) is 10.1 Å². The molecule has 0 spiro atoms. The Balaban J connectivity index is 2.84. The number of hydrogen-bond acceptors (Lipinski definition) is 4. The third-order valence-electron chi connectivity index (χ3n) is 1.98. The quantitative estimate of drug-likeness (QED) is 0.453. The Kier molecular flexibility index (Phi) is 4.49. The van der Waals surface area contributed by atoms with Crippen molar-refractivity contribution in [2.75, 3.05) is 0 Å². The minimum absolute atomic E-state index is 0.0319. The van der Waals surface area contributed by atoms with Gasteiger partial charge in [0.25, 0.3) is 5.69 Å². The number of hydrogen-bond donors (Lipinski definition) is 0. The van der Waals surface area contributed by atoms with Gasteiger partial charge in [0.1, 0.15) is 5.15 Å². The van der Waals surface area contributed by atoms with Crippen molar-refractivity contribution >= 4 is 17.3 Å². The highest BCUT2D eigenvalue weighted by molar-refractivity contribution is 6.29. The van der Waals surface area contributed by atoms with Crippen molar-refractivity contribution < 1.29 is 9.66 Å². The van der Waals surface area contributed by atoms with Gasteiger partial charge in [-0.2, -0.15) is 0 Å². The zero-order valence-electron chi connectivity index (χ0n) is 9.14. The van der Waals surface area contributed by atoms with Crippen molar-refractivity contribution in [2.24, 2.45) is 0 Å². The van der Waals surface area contributed by atoms with Crippen LogP contribution in [0.1, 0.15) is 26.7 Å². The molecule has 1 unspecified atom stereocenters. The lowest BCUT2D eigenvalue weighted by Crippen LogP contribution is -2.12. The molecule has 0 radical (unpaired) electrons. The highest BCUT2D eigenvalue weighted by Crippen LogP contribution is 2.23. The van der Waals surface area contributed by atoms with E-state index in [-0.39, 0.29) is 22.8 Å². The average molecular weight is 245 g/mol. The number of pyridine rings is 1. The second-order valence-electron chi connectivity index (χ2n) is 3.46. The highest BCUT2D eigenvalue weighted by atomic mass is 35.5. The zero-order chi connectivity index (χ0) is 12.1. The maximum absolute atomic E-state index is 10.6. The molecule has 0 fully saturated rings. The molecule has 1 atom stereocenters. The maximum Gasteiger partial charge on any atom is 0.277 e. The summed E-state index contributed by atoms with van der Waals surface area (Å²) in [5.41, 5.74) is -0.112. The molecule has 0 saturated heterocycles. The van der Waals surface area contributed by atoms with E-state index in [2.05, 4.69) is 4.98 Å². The van der Waals surface area contributed by atoms with Crippen molar-refractivity contribution in [1.29, 1.82) is 0 Å². The largest absolute Gasteiger partial charge is 0.474 e. The topological polar surface area (TPSA) is 65.3 Å². The van der Waals surface area contributed by atoms with Crippen LogP contribution in [0.2, 0.25) is 5.15 Å². The lowest BCUT2D eigenvalue weighted by molar-refractivity contribution is -0.385. The molecule has 5 nitrogen and oxygen atoms in total. The maximum atomic E-state index is 10.6. The predicted molar refractivity (Wildman–Crippen MR) is 60.9 cm³/mol. The van der Waals surface area contributed by atoms with Gasteiger partial charge in [-0.15, -0.1) is 0 Å². The fraction of sp³-hybridized carbons (Fsp3) is 0.500. The first-order valence-electron chi connectivity index (χ1n) is 5.01. The molecule has 88 valence electrons. The summed E-state index contributed by atoms with van der Waals surface area (Å²) in [7, 11) is 0. The number of aromatic nitrogens is 1. The molecule has 1 heterocycles. The molecule has 1 aromatic heterocycles. The molecule has 0 aliphatic heterocycles. The molecular weight excluding hydrogens is 232 g/mol. The van der Waals surface area contributed by atoms with Crippen molar-refractivity contribution in [2.45, 2.75) is 32.8 Å². The van der Waals surface area contributed by atoms with Gasteiger partial charge in [0, 0.05) is 0 Å². The van der Waals surface area contributed by atoms with Gasteiger partial charge in [-0.1, -0.05) is 24.9 Å². The molecule has 6 heteroatoms. The summed E-state index contributed by atoms with van der Waals surface area (Å²) in [6, 6.07) is 2.47. The fourth-order valence-electron chi connectivity index (χ4n) is 1.30. The van der Waals surface area contributed by atoms with E-state index in [1.165, 1.54) is 12.1 Å². The molecule has 1 aromatic rings. The lowest BCUT2D eigenvalue weighted by atomic mass is 10.2. The Hall–Kier alpha value is -1.36. The van der Waals surface area contributed by atoms with Crippen molar-refractivity contribution in [3.8, 4) is 5.88 Å². The summed E-state index contributed by atoms with van der Waals surface area (Å²) in [6.07, 6.45) is 1.81. The molecule has 0 amide bonds. The van der Waals surface area contributed by atoms with Gasteiger partial charge < -0.3 is 4.74 Å². The third-order valence-corrected chi connectivity index (χ3v) is 2.18. The van der Waals surface area contributed by atoms with Crippen LogP contribution >= 0.6 is 11.6 Å². The van der Waals surface area contributed by atoms with E-state index in [9.17, 15) is 10.1 Å². The fourth-order valence-corrected chi connectivity index (χ4v) is 1.49. The standard InChI is InChI=1S/C10H13ClN2O3/c1-3-4-7(2)16-10-6-8(13(14)15)5-9(11)12-10/h5-7H,3-4H2,1-2H3. The number of rotatable bonds is 5. The number of ether oxygens (including phenoxy) is 1. The van der Waals surface area contributed by atoms with Crippen LogP contribution in [0.3, 0.4) is 0 Å². The van der Waals surface area contributed by atoms with E-state index in [0.717, 1.165) is 12.8 Å². The summed E-state index contributed by atoms with van der Waals surface area (Å²) >= 11 is 5.66. The second kappa shape index (κ2) is 5.65. The average Bonchev–Trinajstić information content (AvgIpc) is 2.16. The molecule has 0 bridgehead atoms. The van der Waals surface area contributed by atoms with Crippen LogP contribution in [0.5, 0.6) is 5.88 Å². The van der Waals surface area contributed by atoms with E-state index < -0.39 is 4.92 Å². The summed E-state index contributed by atoms with van der Waals surface area (Å²) in [5.74, 6) is 0.195. The summed E-state index contributed by atoms with van der Waals surface area (Å²) < 4.78 is 5.43. The number of nitrogens with zero attached hydrogens (tertiary/aromatic N) is 2. The molecule has 1 rings (SSSR count). The monoisotopic (exact) mass is 244 g/mol. The highest BCUT2D eigenvalue weighted by Gasteiger charge is 2.12. The molecule has 16 heavy (non-hydrogen) atoms. The molecule has 0 saturated carbocycles. The lowest BCUT2D eigenvalue weighted by Gasteiger charge is -2.12. The minimum Gasteiger partial charge on any atom is -0.474 e. The van der Waals surface area contributed by atoms with Gasteiger partial charge in [-0.05, 0) is 13.3 Å². The molecule has 0 N–H and O–H groups in total. The Morgan fingerprint density at radius 1 is 1.62 bits per heavy atom. The van der Waals surface area contributed by atoms with Crippen LogP contribution < -0.4 is 4.74 Å². The first-order valence-corrected chi connectivity index (χ1v) is 5.39. The van der Waals surface area contributed by atoms with E-state index in [1.54, 1.807) is 0 Å². The summed E-state index contributed by atoms with van der Waals surface area (Å²) in [5, 5.41) is 10.6. The van der Waals surface area contributed by atoms with Crippen LogP contribution in [0.4, 0.5) is 5.69 Å². The van der Waals surface area contributed by atoms with E-state index in [4.69, 9.17) is 16.3 Å². The first-order chi connectivity index (χ1) is 7.52.